The van der Waals surface area contributed by atoms with Gasteiger partial charge in [0.05, 0.1) is 12.5 Å². The monoisotopic (exact) mass is 372 g/mol. The van der Waals surface area contributed by atoms with Gasteiger partial charge in [-0.05, 0) is 44.0 Å². The number of amides is 2. The van der Waals surface area contributed by atoms with Crippen LogP contribution in [0.3, 0.4) is 0 Å². The molecule has 2 aromatic rings. The lowest BCUT2D eigenvalue weighted by Crippen LogP contribution is -2.33. The molecule has 0 saturated heterocycles. The topological polar surface area (TPSA) is 69.6 Å². The zero-order valence-corrected chi connectivity index (χ0v) is 15.9. The average Bonchev–Trinajstić information content (AvgIpc) is 3.15. The second kappa shape index (κ2) is 8.01. The molecule has 0 radical (unpaired) electrons. The maximum absolute atomic E-state index is 12.9. The number of carbonyl (C=O) groups excluding carboxylic acids is 2. The average molecular weight is 372 g/mol. The van der Waals surface area contributed by atoms with E-state index in [2.05, 4.69) is 5.32 Å². The van der Waals surface area contributed by atoms with E-state index in [-0.39, 0.29) is 24.8 Å². The quantitative estimate of drug-likeness (QED) is 0.784. The van der Waals surface area contributed by atoms with Crippen LogP contribution >= 0.6 is 11.3 Å². The molecule has 0 fully saturated rings. The number of hydrogen-bond donors (Lipinski definition) is 2. The molecule has 1 aromatic carbocycles. The number of carbonyl (C=O) groups is 2. The largest absolute Gasteiger partial charge is 0.396 e. The number of aliphatic hydroxyl groups excluding tert-OH is 1. The highest BCUT2D eigenvalue weighted by Crippen LogP contribution is 2.35. The van der Waals surface area contributed by atoms with E-state index in [1.165, 1.54) is 4.88 Å². The van der Waals surface area contributed by atoms with Crippen molar-refractivity contribution in [1.29, 1.82) is 0 Å². The lowest BCUT2D eigenvalue weighted by molar-refractivity contribution is -0.134. The first-order chi connectivity index (χ1) is 12.5. The van der Waals surface area contributed by atoms with Crippen molar-refractivity contribution in [2.45, 2.75) is 39.2 Å². The van der Waals surface area contributed by atoms with Gasteiger partial charge in [0.25, 0.3) is 0 Å². The van der Waals surface area contributed by atoms with Gasteiger partial charge in [0.15, 0.2) is 0 Å². The minimum atomic E-state index is -0.445. The zero-order chi connectivity index (χ0) is 18.7. The molecule has 5 nitrogen and oxygen atoms in total. The number of benzene rings is 1. The number of aryl methyl sites for hydroxylation is 2. The number of anilines is 1. The third kappa shape index (κ3) is 4.14. The Labute approximate surface area is 157 Å². The fourth-order valence-electron chi connectivity index (χ4n) is 3.26. The van der Waals surface area contributed by atoms with Gasteiger partial charge in [-0.25, -0.2) is 0 Å². The van der Waals surface area contributed by atoms with Crippen LogP contribution in [0.1, 0.15) is 39.6 Å². The molecular formula is C20H24N2O3S. The maximum atomic E-state index is 12.9. The molecule has 2 heterocycles. The van der Waals surface area contributed by atoms with Crippen LogP contribution in [0, 0.1) is 13.8 Å². The van der Waals surface area contributed by atoms with Crippen LogP contribution in [0.15, 0.2) is 30.3 Å². The van der Waals surface area contributed by atoms with Gasteiger partial charge in [0.1, 0.15) is 0 Å². The lowest BCUT2D eigenvalue weighted by Gasteiger charge is -2.23. The highest BCUT2D eigenvalue weighted by atomic mass is 32.1. The second-order valence-electron chi connectivity index (χ2n) is 6.74. The summed E-state index contributed by atoms with van der Waals surface area (Å²) in [6.45, 7) is 5.07. The van der Waals surface area contributed by atoms with Crippen LogP contribution < -0.4 is 5.32 Å². The predicted molar refractivity (Wildman–Crippen MR) is 103 cm³/mol. The summed E-state index contributed by atoms with van der Waals surface area (Å²) in [4.78, 5) is 29.3. The highest BCUT2D eigenvalue weighted by molar-refractivity contribution is 7.11. The summed E-state index contributed by atoms with van der Waals surface area (Å²) in [5, 5.41) is 12.0. The first-order valence-corrected chi connectivity index (χ1v) is 9.65. The van der Waals surface area contributed by atoms with Crippen molar-refractivity contribution in [3.05, 3.63) is 51.2 Å². The number of hydrogen-bond acceptors (Lipinski definition) is 4. The third-order valence-corrected chi connectivity index (χ3v) is 5.60. The summed E-state index contributed by atoms with van der Waals surface area (Å²) in [6, 6.07) is 9.89. The van der Waals surface area contributed by atoms with Crippen LogP contribution in [0.4, 0.5) is 5.69 Å². The molecule has 0 bridgehead atoms. The van der Waals surface area contributed by atoms with Crippen molar-refractivity contribution in [1.82, 2.24) is 4.90 Å². The second-order valence-corrected chi connectivity index (χ2v) is 8.11. The Balaban J connectivity index is 1.75. The molecule has 26 heavy (non-hydrogen) atoms. The van der Waals surface area contributed by atoms with E-state index in [4.69, 9.17) is 5.11 Å². The van der Waals surface area contributed by atoms with Gasteiger partial charge in [-0.2, -0.15) is 0 Å². The number of nitrogens with zero attached hydrogens (tertiary/aromatic N) is 1. The lowest BCUT2D eigenvalue weighted by atomic mass is 9.95. The van der Waals surface area contributed by atoms with Crippen LogP contribution in [0.5, 0.6) is 0 Å². The molecule has 1 aliphatic heterocycles. The summed E-state index contributed by atoms with van der Waals surface area (Å²) in [6.07, 6.45) is 0.681. The molecule has 6 heteroatoms. The maximum Gasteiger partial charge on any atom is 0.232 e. The smallest absolute Gasteiger partial charge is 0.232 e. The first kappa shape index (κ1) is 18.6. The summed E-state index contributed by atoms with van der Waals surface area (Å²) >= 11 is 1.67. The number of nitrogens with one attached hydrogen (secondary N) is 1. The third-order valence-electron chi connectivity index (χ3n) is 4.62. The van der Waals surface area contributed by atoms with Crippen LogP contribution in [-0.2, 0) is 16.1 Å². The summed E-state index contributed by atoms with van der Waals surface area (Å²) in [7, 11) is 0. The standard InChI is InChI=1S/C20H24N2O3S/c1-13-4-7-18-16(10-13)17(20(25)21-18)11-19(24)22(8-3-9-23)12-15-6-5-14(2)26-15/h4-7,10,17,23H,3,8-9,11-12H2,1-2H3,(H,21,25)/t17-/m0/s1. The van der Waals surface area contributed by atoms with Crippen LogP contribution in [0.25, 0.3) is 0 Å². The van der Waals surface area contributed by atoms with Crippen molar-refractivity contribution in [2.75, 3.05) is 18.5 Å². The van der Waals surface area contributed by atoms with Gasteiger partial charge in [0, 0.05) is 35.0 Å². The van der Waals surface area contributed by atoms with Gasteiger partial charge < -0.3 is 15.3 Å². The van der Waals surface area contributed by atoms with E-state index in [1.54, 1.807) is 16.2 Å². The number of aliphatic hydroxyl groups is 1. The summed E-state index contributed by atoms with van der Waals surface area (Å²) in [5.74, 6) is -0.619. The first-order valence-electron chi connectivity index (χ1n) is 8.83. The zero-order valence-electron chi connectivity index (χ0n) is 15.1. The molecule has 138 valence electrons. The number of thiophene rings is 1. The minimum absolute atomic E-state index is 0.0409. The van der Waals surface area contributed by atoms with Crippen LogP contribution in [0.2, 0.25) is 0 Å². The molecule has 2 N–H and O–H groups in total. The molecule has 0 saturated carbocycles. The molecule has 3 rings (SSSR count). The van der Waals surface area contributed by atoms with E-state index in [1.807, 2.05) is 44.2 Å². The molecule has 0 unspecified atom stereocenters. The Hall–Kier alpha value is -2.18. The van der Waals surface area contributed by atoms with Crippen molar-refractivity contribution in [3.8, 4) is 0 Å². The molecule has 1 atom stereocenters. The van der Waals surface area contributed by atoms with Crippen molar-refractivity contribution >= 4 is 28.8 Å². The van der Waals surface area contributed by atoms with E-state index < -0.39 is 5.92 Å². The predicted octanol–water partition coefficient (Wildman–Crippen LogP) is 3.20. The molecule has 1 aliphatic rings. The highest BCUT2D eigenvalue weighted by Gasteiger charge is 2.33. The molecular weight excluding hydrogens is 348 g/mol. The van der Waals surface area contributed by atoms with Crippen molar-refractivity contribution < 1.29 is 14.7 Å². The molecule has 2 amide bonds. The van der Waals surface area contributed by atoms with E-state index in [0.717, 1.165) is 21.7 Å². The fraction of sp³-hybridized carbons (Fsp3) is 0.400. The van der Waals surface area contributed by atoms with Gasteiger partial charge >= 0.3 is 0 Å². The van der Waals surface area contributed by atoms with E-state index in [9.17, 15) is 9.59 Å². The normalized spacial score (nSPS) is 15.7. The Morgan fingerprint density at radius 2 is 2.08 bits per heavy atom. The number of rotatable bonds is 7. The van der Waals surface area contributed by atoms with Gasteiger partial charge in [-0.15, -0.1) is 11.3 Å². The van der Waals surface area contributed by atoms with Crippen molar-refractivity contribution in [3.63, 3.8) is 0 Å². The van der Waals surface area contributed by atoms with Crippen molar-refractivity contribution in [2.24, 2.45) is 0 Å². The Morgan fingerprint density at radius 1 is 1.27 bits per heavy atom. The summed E-state index contributed by atoms with van der Waals surface area (Å²) < 4.78 is 0. The number of fused-ring (bicyclic) bond motifs is 1. The van der Waals surface area contributed by atoms with Crippen LogP contribution in [-0.4, -0.2) is 35.0 Å². The van der Waals surface area contributed by atoms with Gasteiger partial charge in [-0.3, -0.25) is 9.59 Å². The summed E-state index contributed by atoms with van der Waals surface area (Å²) in [5.41, 5.74) is 2.77. The van der Waals surface area contributed by atoms with E-state index in [0.29, 0.717) is 19.5 Å². The fourth-order valence-corrected chi connectivity index (χ4v) is 4.17. The van der Waals surface area contributed by atoms with Gasteiger partial charge in [0.2, 0.25) is 11.8 Å². The molecule has 0 aliphatic carbocycles. The molecule has 1 aromatic heterocycles. The molecule has 0 spiro atoms. The Bertz CT molecular complexity index is 815. The minimum Gasteiger partial charge on any atom is -0.396 e. The Morgan fingerprint density at radius 3 is 2.77 bits per heavy atom. The Kier molecular flexibility index (Phi) is 5.74. The van der Waals surface area contributed by atoms with Gasteiger partial charge in [-0.1, -0.05) is 17.7 Å². The van der Waals surface area contributed by atoms with E-state index >= 15 is 0 Å². The SMILES string of the molecule is Cc1ccc2c(c1)[C@H](CC(=O)N(CCCO)Cc1ccc(C)s1)C(=O)N2.